The highest BCUT2D eigenvalue weighted by Gasteiger charge is 2.14. The van der Waals surface area contributed by atoms with Crippen LogP contribution in [-0.2, 0) is 16.1 Å². The van der Waals surface area contributed by atoms with Crippen molar-refractivity contribution in [3.8, 4) is 0 Å². The Morgan fingerprint density at radius 1 is 1.44 bits per heavy atom. The molecule has 1 heterocycles. The summed E-state index contributed by atoms with van der Waals surface area (Å²) in [5.41, 5.74) is 1.01. The van der Waals surface area contributed by atoms with Crippen molar-refractivity contribution >= 4 is 6.47 Å². The van der Waals surface area contributed by atoms with Crippen molar-refractivity contribution in [1.29, 1.82) is 0 Å². The fourth-order valence-electron chi connectivity index (χ4n) is 1.84. The molecule has 1 saturated heterocycles. The van der Waals surface area contributed by atoms with E-state index < -0.39 is 0 Å². The average molecular weight is 253 g/mol. The molecule has 0 aromatic heterocycles. The maximum absolute atomic E-state index is 12.3. The molecule has 1 unspecified atom stereocenters. The molecule has 18 heavy (non-hydrogen) atoms. The van der Waals surface area contributed by atoms with Gasteiger partial charge in [0, 0.05) is 13.1 Å². The van der Waals surface area contributed by atoms with E-state index in [1.165, 1.54) is 6.42 Å². The molecule has 3 nitrogen and oxygen atoms in total. The standard InChI is InChI=1S/C8H8O2.C6H12FN/c9-7-10-6-8-4-2-1-3-5-8;1-6-3-2-4-8(7)5-6/h1-5,7H,6H2;6H,2-5H2,1H3. The fraction of sp³-hybridized carbons (Fsp3) is 0.500. The van der Waals surface area contributed by atoms with Crippen LogP contribution in [0.3, 0.4) is 0 Å². The van der Waals surface area contributed by atoms with Crippen LogP contribution in [0.5, 0.6) is 0 Å². The molecule has 0 radical (unpaired) electrons. The molecule has 0 N–H and O–H groups in total. The SMILES string of the molecule is CC1CCCN(F)C1.O=COCc1ccccc1. The first kappa shape index (κ1) is 14.6. The molecule has 0 amide bonds. The normalized spacial score (nSPS) is 19.6. The van der Waals surface area contributed by atoms with Crippen molar-refractivity contribution in [2.24, 2.45) is 5.92 Å². The summed E-state index contributed by atoms with van der Waals surface area (Å²) >= 11 is 0. The number of piperidine rings is 1. The summed E-state index contributed by atoms with van der Waals surface area (Å²) in [4.78, 5) is 9.76. The first-order valence-corrected chi connectivity index (χ1v) is 6.22. The van der Waals surface area contributed by atoms with Gasteiger partial charge in [0.15, 0.2) is 0 Å². The van der Waals surface area contributed by atoms with Crippen LogP contribution in [0.4, 0.5) is 4.48 Å². The van der Waals surface area contributed by atoms with Crippen LogP contribution in [-0.4, -0.2) is 24.7 Å². The number of benzene rings is 1. The average Bonchev–Trinajstić information content (AvgIpc) is 2.38. The molecule has 0 bridgehead atoms. The van der Waals surface area contributed by atoms with Gasteiger partial charge in [0.1, 0.15) is 6.61 Å². The molecule has 0 saturated carbocycles. The summed E-state index contributed by atoms with van der Waals surface area (Å²) in [5, 5.41) is 0.911. The molecule has 2 rings (SSSR count). The number of hydrogen-bond donors (Lipinski definition) is 0. The van der Waals surface area contributed by atoms with E-state index in [0.29, 0.717) is 32.1 Å². The molecule has 0 aliphatic carbocycles. The second kappa shape index (κ2) is 8.64. The van der Waals surface area contributed by atoms with Crippen molar-refractivity contribution in [3.63, 3.8) is 0 Å². The van der Waals surface area contributed by atoms with Crippen LogP contribution < -0.4 is 0 Å². The molecule has 1 aliphatic rings. The molecule has 4 heteroatoms. The van der Waals surface area contributed by atoms with E-state index in [-0.39, 0.29) is 0 Å². The van der Waals surface area contributed by atoms with Gasteiger partial charge in [0.25, 0.3) is 6.47 Å². The molecular formula is C14H20FNO2. The fourth-order valence-corrected chi connectivity index (χ4v) is 1.84. The summed E-state index contributed by atoms with van der Waals surface area (Å²) in [6.07, 6.45) is 2.22. The van der Waals surface area contributed by atoms with Crippen molar-refractivity contribution in [1.82, 2.24) is 5.12 Å². The molecule has 1 atom stereocenters. The number of nitrogens with zero attached hydrogens (tertiary/aromatic N) is 1. The van der Waals surface area contributed by atoms with Gasteiger partial charge in [0.05, 0.1) is 0 Å². The van der Waals surface area contributed by atoms with E-state index in [2.05, 4.69) is 11.7 Å². The Kier molecular flexibility index (Phi) is 7.03. The number of carbonyl (C=O) groups excluding carboxylic acids is 1. The predicted octanol–water partition coefficient (Wildman–Crippen LogP) is 2.96. The lowest BCUT2D eigenvalue weighted by Crippen LogP contribution is -2.27. The van der Waals surface area contributed by atoms with Crippen LogP contribution >= 0.6 is 0 Å². The van der Waals surface area contributed by atoms with Crippen LogP contribution in [0.15, 0.2) is 30.3 Å². The second-order valence-corrected chi connectivity index (χ2v) is 4.51. The first-order chi connectivity index (χ1) is 8.72. The molecule has 100 valence electrons. The number of ether oxygens (including phenoxy) is 1. The zero-order valence-electron chi connectivity index (χ0n) is 10.7. The van der Waals surface area contributed by atoms with Gasteiger partial charge in [-0.2, -0.15) is 0 Å². The van der Waals surface area contributed by atoms with Gasteiger partial charge in [-0.05, 0) is 24.3 Å². The predicted molar refractivity (Wildman–Crippen MR) is 68.4 cm³/mol. The lowest BCUT2D eigenvalue weighted by molar-refractivity contribution is -0.129. The number of rotatable bonds is 3. The summed E-state index contributed by atoms with van der Waals surface area (Å²) < 4.78 is 16.8. The highest BCUT2D eigenvalue weighted by atomic mass is 19.2. The van der Waals surface area contributed by atoms with Gasteiger partial charge < -0.3 is 4.74 Å². The van der Waals surface area contributed by atoms with E-state index in [1.54, 1.807) is 0 Å². The van der Waals surface area contributed by atoms with Gasteiger partial charge in [-0.25, -0.2) is 0 Å². The van der Waals surface area contributed by atoms with Gasteiger partial charge in [0.2, 0.25) is 0 Å². The third-order valence-electron chi connectivity index (χ3n) is 2.77. The van der Waals surface area contributed by atoms with E-state index in [1.807, 2.05) is 30.3 Å². The molecule has 1 aliphatic heterocycles. The van der Waals surface area contributed by atoms with Crippen LogP contribution in [0.2, 0.25) is 0 Å². The smallest absolute Gasteiger partial charge is 0.293 e. The Hall–Kier alpha value is -1.42. The lowest BCUT2D eigenvalue weighted by Gasteiger charge is -2.22. The number of hydrogen-bond acceptors (Lipinski definition) is 3. The van der Waals surface area contributed by atoms with Crippen molar-refractivity contribution in [3.05, 3.63) is 35.9 Å². The van der Waals surface area contributed by atoms with Crippen molar-refractivity contribution in [2.75, 3.05) is 13.1 Å². The largest absolute Gasteiger partial charge is 0.463 e. The quantitative estimate of drug-likeness (QED) is 0.612. The molecule has 1 aromatic carbocycles. The highest BCUT2D eigenvalue weighted by molar-refractivity contribution is 5.37. The van der Waals surface area contributed by atoms with E-state index in [9.17, 15) is 9.28 Å². The lowest BCUT2D eigenvalue weighted by atomic mass is 10.0. The van der Waals surface area contributed by atoms with Crippen molar-refractivity contribution in [2.45, 2.75) is 26.4 Å². The minimum Gasteiger partial charge on any atom is -0.463 e. The maximum Gasteiger partial charge on any atom is 0.293 e. The Labute approximate surface area is 107 Å². The Morgan fingerprint density at radius 2 is 2.17 bits per heavy atom. The third-order valence-corrected chi connectivity index (χ3v) is 2.77. The minimum absolute atomic E-state index is 0.365. The second-order valence-electron chi connectivity index (χ2n) is 4.51. The third kappa shape index (κ3) is 6.35. The summed E-state index contributed by atoms with van der Waals surface area (Å²) in [6, 6.07) is 9.55. The van der Waals surface area contributed by atoms with Gasteiger partial charge in [-0.3, -0.25) is 4.79 Å². The van der Waals surface area contributed by atoms with E-state index >= 15 is 0 Å². The first-order valence-electron chi connectivity index (χ1n) is 6.22. The molecule has 1 aromatic rings. The van der Waals surface area contributed by atoms with E-state index in [0.717, 1.165) is 17.1 Å². The van der Waals surface area contributed by atoms with Gasteiger partial charge in [-0.15, -0.1) is 9.60 Å². The van der Waals surface area contributed by atoms with Gasteiger partial charge >= 0.3 is 0 Å². The number of halogens is 1. The summed E-state index contributed by atoms with van der Waals surface area (Å²) in [7, 11) is 0. The topological polar surface area (TPSA) is 29.5 Å². The van der Waals surface area contributed by atoms with Crippen molar-refractivity contribution < 1.29 is 14.0 Å². The summed E-state index contributed by atoms with van der Waals surface area (Å²) in [5.74, 6) is 0.564. The molecular weight excluding hydrogens is 233 g/mol. The summed E-state index contributed by atoms with van der Waals surface area (Å²) in [6.45, 7) is 4.19. The van der Waals surface area contributed by atoms with Crippen LogP contribution in [0, 0.1) is 5.92 Å². The molecule has 1 fully saturated rings. The maximum atomic E-state index is 12.3. The van der Waals surface area contributed by atoms with Crippen LogP contribution in [0.1, 0.15) is 25.3 Å². The minimum atomic E-state index is 0.365. The highest BCUT2D eigenvalue weighted by Crippen LogP contribution is 2.14. The van der Waals surface area contributed by atoms with Gasteiger partial charge in [-0.1, -0.05) is 37.3 Å². The zero-order chi connectivity index (χ0) is 13.2. The molecule has 0 spiro atoms. The zero-order valence-corrected chi connectivity index (χ0v) is 10.7. The Balaban J connectivity index is 0.000000184. The Morgan fingerprint density at radius 3 is 2.67 bits per heavy atom. The van der Waals surface area contributed by atoms with Crippen LogP contribution in [0.25, 0.3) is 0 Å². The Bertz CT molecular complexity index is 324. The number of carbonyl (C=O) groups is 1. The van der Waals surface area contributed by atoms with E-state index in [4.69, 9.17) is 0 Å². The monoisotopic (exact) mass is 253 g/mol.